The highest BCUT2D eigenvalue weighted by Crippen LogP contribution is 2.13. The van der Waals surface area contributed by atoms with Gasteiger partial charge in [0.15, 0.2) is 5.78 Å². The Balaban J connectivity index is 0.00000180. The minimum atomic E-state index is 0. The Labute approximate surface area is 119 Å². The van der Waals surface area contributed by atoms with Crippen molar-refractivity contribution in [2.75, 3.05) is 13.1 Å². The lowest BCUT2D eigenvalue weighted by molar-refractivity contribution is 0.0708. The molecule has 5 heteroatoms. The smallest absolute Gasteiger partial charge is 0.253 e. The Morgan fingerprint density at radius 2 is 1.79 bits per heavy atom. The van der Waals surface area contributed by atoms with Crippen molar-refractivity contribution in [3.63, 3.8) is 0 Å². The van der Waals surface area contributed by atoms with Crippen LogP contribution in [0.2, 0.25) is 0 Å². The number of amides is 1. The van der Waals surface area contributed by atoms with Crippen LogP contribution in [0.15, 0.2) is 24.3 Å². The van der Waals surface area contributed by atoms with Crippen molar-refractivity contribution in [3.05, 3.63) is 35.4 Å². The highest BCUT2D eigenvalue weighted by Gasteiger charge is 2.22. The molecule has 1 heterocycles. The summed E-state index contributed by atoms with van der Waals surface area (Å²) in [4.78, 5) is 25.2. The molecule has 1 amide bonds. The van der Waals surface area contributed by atoms with Crippen molar-refractivity contribution in [1.29, 1.82) is 0 Å². The summed E-state index contributed by atoms with van der Waals surface area (Å²) in [6.07, 6.45) is 1.94. The first kappa shape index (κ1) is 15.7. The van der Waals surface area contributed by atoms with E-state index >= 15 is 0 Å². The number of carbonyl (C=O) groups excluding carboxylic acids is 2. The van der Waals surface area contributed by atoms with Crippen LogP contribution in [0.5, 0.6) is 0 Å². The van der Waals surface area contributed by atoms with Gasteiger partial charge in [-0.3, -0.25) is 9.59 Å². The Hall–Kier alpha value is -1.39. The zero-order chi connectivity index (χ0) is 13.1. The summed E-state index contributed by atoms with van der Waals surface area (Å²) in [7, 11) is 0. The number of carbonyl (C=O) groups is 2. The van der Waals surface area contributed by atoms with E-state index in [1.807, 2.05) is 0 Å². The third-order valence-electron chi connectivity index (χ3n) is 3.28. The first-order valence-corrected chi connectivity index (χ1v) is 6.24. The highest BCUT2D eigenvalue weighted by molar-refractivity contribution is 5.97. The van der Waals surface area contributed by atoms with E-state index in [0.29, 0.717) is 17.7 Å². The number of rotatable bonds is 2. The molecule has 1 fully saturated rings. The summed E-state index contributed by atoms with van der Waals surface area (Å²) in [5.41, 5.74) is 7.11. The molecule has 4 nitrogen and oxygen atoms in total. The number of benzene rings is 1. The van der Waals surface area contributed by atoms with E-state index in [2.05, 4.69) is 0 Å². The number of ketones is 1. The number of piperidine rings is 1. The van der Waals surface area contributed by atoms with Gasteiger partial charge in [-0.25, -0.2) is 0 Å². The molecule has 1 aromatic rings. The molecule has 104 valence electrons. The number of nitrogens with two attached hydrogens (primary N) is 1. The second-order valence-corrected chi connectivity index (χ2v) is 4.79. The Kier molecular flexibility index (Phi) is 5.51. The van der Waals surface area contributed by atoms with E-state index in [-0.39, 0.29) is 30.1 Å². The molecule has 1 atom stereocenters. The van der Waals surface area contributed by atoms with Crippen molar-refractivity contribution < 1.29 is 9.59 Å². The van der Waals surface area contributed by atoms with E-state index < -0.39 is 0 Å². The number of Topliss-reactive ketones (excluding diaryl/α,β-unsaturated/α-hetero) is 1. The van der Waals surface area contributed by atoms with E-state index in [1.165, 1.54) is 6.92 Å². The predicted molar refractivity (Wildman–Crippen MR) is 76.8 cm³/mol. The van der Waals surface area contributed by atoms with Crippen LogP contribution in [0.4, 0.5) is 0 Å². The summed E-state index contributed by atoms with van der Waals surface area (Å²) >= 11 is 0. The van der Waals surface area contributed by atoms with Crippen molar-refractivity contribution in [3.8, 4) is 0 Å². The zero-order valence-corrected chi connectivity index (χ0v) is 11.8. The fourth-order valence-electron chi connectivity index (χ4n) is 2.22. The molecule has 1 aliphatic rings. The molecule has 0 bridgehead atoms. The van der Waals surface area contributed by atoms with Gasteiger partial charge in [0.1, 0.15) is 0 Å². The molecule has 1 unspecified atom stereocenters. The van der Waals surface area contributed by atoms with Crippen LogP contribution >= 0.6 is 12.4 Å². The predicted octanol–water partition coefficient (Wildman–Crippen LogP) is 1.87. The minimum absolute atomic E-state index is 0. The molecule has 1 saturated heterocycles. The maximum Gasteiger partial charge on any atom is 0.253 e. The fraction of sp³-hybridized carbons (Fsp3) is 0.429. The van der Waals surface area contributed by atoms with Crippen molar-refractivity contribution in [2.24, 2.45) is 5.73 Å². The fourth-order valence-corrected chi connectivity index (χ4v) is 2.22. The van der Waals surface area contributed by atoms with E-state index in [9.17, 15) is 9.59 Å². The molecule has 1 aromatic carbocycles. The van der Waals surface area contributed by atoms with Gasteiger partial charge in [0.05, 0.1) is 0 Å². The monoisotopic (exact) mass is 282 g/mol. The lowest BCUT2D eigenvalue weighted by Crippen LogP contribution is -2.45. The molecule has 0 spiro atoms. The summed E-state index contributed by atoms with van der Waals surface area (Å²) in [6.45, 7) is 2.90. The Bertz CT molecular complexity index is 459. The molecule has 0 aliphatic carbocycles. The van der Waals surface area contributed by atoms with Gasteiger partial charge in [0, 0.05) is 30.3 Å². The maximum absolute atomic E-state index is 12.2. The topological polar surface area (TPSA) is 63.4 Å². The highest BCUT2D eigenvalue weighted by atomic mass is 35.5. The molecular formula is C14H19ClN2O2. The summed E-state index contributed by atoms with van der Waals surface area (Å²) in [5.74, 6) is 0.00856. The molecular weight excluding hydrogens is 264 g/mol. The number of likely N-dealkylation sites (tertiary alicyclic amines) is 1. The zero-order valence-electron chi connectivity index (χ0n) is 11.0. The average molecular weight is 283 g/mol. The van der Waals surface area contributed by atoms with Gasteiger partial charge < -0.3 is 10.6 Å². The largest absolute Gasteiger partial charge is 0.337 e. The van der Waals surface area contributed by atoms with Gasteiger partial charge >= 0.3 is 0 Å². The van der Waals surface area contributed by atoms with Gasteiger partial charge in [0.25, 0.3) is 5.91 Å². The molecule has 0 aromatic heterocycles. The first-order chi connectivity index (χ1) is 8.58. The third kappa shape index (κ3) is 3.78. The molecule has 0 saturated carbocycles. The van der Waals surface area contributed by atoms with Crippen LogP contribution in [0.1, 0.15) is 40.5 Å². The van der Waals surface area contributed by atoms with Gasteiger partial charge in [0.2, 0.25) is 0 Å². The van der Waals surface area contributed by atoms with Crippen molar-refractivity contribution >= 4 is 24.1 Å². The maximum atomic E-state index is 12.2. The Morgan fingerprint density at radius 3 is 2.32 bits per heavy atom. The molecule has 0 radical (unpaired) electrons. The molecule has 19 heavy (non-hydrogen) atoms. The number of hydrogen-bond acceptors (Lipinski definition) is 3. The standard InChI is InChI=1S/C14H18N2O2.ClH/c1-10(17)11-4-6-12(7-5-11)14(18)16-8-2-3-13(15)9-16;/h4-7,13H,2-3,8-9,15H2,1H3;1H. The summed E-state index contributed by atoms with van der Waals surface area (Å²) in [5, 5.41) is 0. The van der Waals surface area contributed by atoms with E-state index in [0.717, 1.165) is 19.4 Å². The molecule has 1 aliphatic heterocycles. The van der Waals surface area contributed by atoms with Gasteiger partial charge in [-0.05, 0) is 31.9 Å². The number of nitrogens with zero attached hydrogens (tertiary/aromatic N) is 1. The normalized spacial score (nSPS) is 18.6. The second kappa shape index (κ2) is 6.68. The third-order valence-corrected chi connectivity index (χ3v) is 3.28. The first-order valence-electron chi connectivity index (χ1n) is 6.24. The van der Waals surface area contributed by atoms with Crippen LogP contribution in [0, 0.1) is 0 Å². The molecule has 2 N–H and O–H groups in total. The quantitative estimate of drug-likeness (QED) is 0.843. The molecule has 2 rings (SSSR count). The van der Waals surface area contributed by atoms with E-state index in [4.69, 9.17) is 5.73 Å². The average Bonchev–Trinajstić information content (AvgIpc) is 2.38. The van der Waals surface area contributed by atoms with Crippen LogP contribution in [0.3, 0.4) is 0 Å². The second-order valence-electron chi connectivity index (χ2n) is 4.79. The van der Waals surface area contributed by atoms with Gasteiger partial charge in [-0.15, -0.1) is 12.4 Å². The lowest BCUT2D eigenvalue weighted by atomic mass is 10.0. The van der Waals surface area contributed by atoms with Crippen LogP contribution in [-0.2, 0) is 0 Å². The summed E-state index contributed by atoms with van der Waals surface area (Å²) in [6, 6.07) is 6.89. The summed E-state index contributed by atoms with van der Waals surface area (Å²) < 4.78 is 0. The van der Waals surface area contributed by atoms with E-state index in [1.54, 1.807) is 29.2 Å². The SMILES string of the molecule is CC(=O)c1ccc(C(=O)N2CCCC(N)C2)cc1.Cl. The minimum Gasteiger partial charge on any atom is -0.337 e. The van der Waals surface area contributed by atoms with Gasteiger partial charge in [-0.2, -0.15) is 0 Å². The van der Waals surface area contributed by atoms with Crippen LogP contribution < -0.4 is 5.73 Å². The van der Waals surface area contributed by atoms with Crippen molar-refractivity contribution in [2.45, 2.75) is 25.8 Å². The number of hydrogen-bond donors (Lipinski definition) is 1. The Morgan fingerprint density at radius 1 is 1.21 bits per heavy atom. The number of halogens is 1. The van der Waals surface area contributed by atoms with Crippen molar-refractivity contribution in [1.82, 2.24) is 4.90 Å². The lowest BCUT2D eigenvalue weighted by Gasteiger charge is -2.30. The van der Waals surface area contributed by atoms with Crippen LogP contribution in [-0.4, -0.2) is 35.7 Å². The van der Waals surface area contributed by atoms with Crippen LogP contribution in [0.25, 0.3) is 0 Å². The van der Waals surface area contributed by atoms with Gasteiger partial charge in [-0.1, -0.05) is 12.1 Å².